The maximum absolute atomic E-state index is 12.5. The molecule has 0 saturated heterocycles. The summed E-state index contributed by atoms with van der Waals surface area (Å²) < 4.78 is 5.63. The van der Waals surface area contributed by atoms with Crippen LogP contribution < -0.4 is 4.74 Å². The fraction of sp³-hybridized carbons (Fsp3) is 0.100. The largest absolute Gasteiger partial charge is 0.496 e. The summed E-state index contributed by atoms with van der Waals surface area (Å²) in [6, 6.07) is 24.6. The monoisotopic (exact) mass is 557 g/mol. The molecule has 39 heavy (non-hydrogen) atoms. The third-order valence-corrected chi connectivity index (χ3v) is 6.93. The number of halogens is 2. The van der Waals surface area contributed by atoms with Crippen LogP contribution in [-0.4, -0.2) is 35.1 Å². The summed E-state index contributed by atoms with van der Waals surface area (Å²) >= 11 is 12.1. The number of fused-ring (bicyclic) bond motifs is 2. The molecule has 0 radical (unpaired) electrons. The molecular formula is C30H21Cl2N3O4. The van der Waals surface area contributed by atoms with Crippen molar-refractivity contribution >= 4 is 56.8 Å². The average molecular weight is 558 g/mol. The topological polar surface area (TPSA) is 101 Å². The van der Waals surface area contributed by atoms with Crippen molar-refractivity contribution in [3.63, 3.8) is 0 Å². The van der Waals surface area contributed by atoms with Crippen LogP contribution in [0.15, 0.2) is 95.2 Å². The SMILES string of the molecule is COc1ccc2ccccc2c1-c1ccc2cc(C[C@H](N=NC(=O)c3c(Cl)cccc3Cl)C(=O)O)ccc2n1. The zero-order valence-corrected chi connectivity index (χ0v) is 22.1. The molecule has 1 atom stereocenters. The first-order chi connectivity index (χ1) is 18.9. The number of carbonyl (C=O) groups is 2. The second-order valence-electron chi connectivity index (χ2n) is 8.76. The van der Waals surface area contributed by atoms with E-state index in [1.165, 1.54) is 12.1 Å². The number of ether oxygens (including phenoxy) is 1. The molecule has 194 valence electrons. The first kappa shape index (κ1) is 26.3. The molecule has 0 saturated carbocycles. The van der Waals surface area contributed by atoms with Gasteiger partial charge in [0.2, 0.25) is 0 Å². The van der Waals surface area contributed by atoms with E-state index in [-0.39, 0.29) is 22.0 Å². The van der Waals surface area contributed by atoms with Gasteiger partial charge in [-0.15, -0.1) is 5.11 Å². The second kappa shape index (κ2) is 11.2. The highest BCUT2D eigenvalue weighted by molar-refractivity contribution is 6.39. The molecule has 0 unspecified atom stereocenters. The maximum atomic E-state index is 12.5. The summed E-state index contributed by atoms with van der Waals surface area (Å²) in [5.41, 5.74) is 3.08. The van der Waals surface area contributed by atoms with E-state index < -0.39 is 17.9 Å². The Morgan fingerprint density at radius 2 is 1.67 bits per heavy atom. The number of azo groups is 1. The van der Waals surface area contributed by atoms with E-state index in [1.807, 2.05) is 60.7 Å². The highest BCUT2D eigenvalue weighted by atomic mass is 35.5. The molecule has 5 aromatic rings. The van der Waals surface area contributed by atoms with Crippen molar-refractivity contribution in [2.45, 2.75) is 12.5 Å². The number of methoxy groups -OCH3 is 1. The molecule has 0 aliphatic heterocycles. The molecule has 7 nitrogen and oxygen atoms in total. The van der Waals surface area contributed by atoms with Crippen molar-refractivity contribution in [2.24, 2.45) is 10.2 Å². The zero-order chi connectivity index (χ0) is 27.5. The van der Waals surface area contributed by atoms with Crippen LogP contribution in [0.1, 0.15) is 15.9 Å². The predicted octanol–water partition coefficient (Wildman–Crippen LogP) is 7.66. The number of benzene rings is 4. The van der Waals surface area contributed by atoms with Crippen molar-refractivity contribution in [1.82, 2.24) is 4.98 Å². The lowest BCUT2D eigenvalue weighted by Gasteiger charge is -2.13. The van der Waals surface area contributed by atoms with Crippen LogP contribution in [0.3, 0.4) is 0 Å². The molecule has 0 aliphatic carbocycles. The molecule has 0 aliphatic rings. The Morgan fingerprint density at radius 3 is 2.41 bits per heavy atom. The third-order valence-electron chi connectivity index (χ3n) is 6.30. The van der Waals surface area contributed by atoms with Crippen LogP contribution >= 0.6 is 23.2 Å². The fourth-order valence-corrected chi connectivity index (χ4v) is 4.96. The molecule has 1 aromatic heterocycles. The van der Waals surface area contributed by atoms with E-state index in [4.69, 9.17) is 32.9 Å². The minimum absolute atomic E-state index is 0.0240. The molecule has 5 rings (SSSR count). The molecule has 0 fully saturated rings. The van der Waals surface area contributed by atoms with Gasteiger partial charge in [0.1, 0.15) is 5.75 Å². The van der Waals surface area contributed by atoms with Gasteiger partial charge in [0.25, 0.3) is 5.91 Å². The Bertz CT molecular complexity index is 1750. The van der Waals surface area contributed by atoms with Gasteiger partial charge in [0.05, 0.1) is 39.5 Å². The van der Waals surface area contributed by atoms with E-state index >= 15 is 0 Å². The summed E-state index contributed by atoms with van der Waals surface area (Å²) in [5.74, 6) is -1.30. The number of aliphatic carboxylic acids is 1. The number of rotatable bonds is 7. The highest BCUT2D eigenvalue weighted by Gasteiger charge is 2.20. The van der Waals surface area contributed by atoms with Crippen molar-refractivity contribution in [1.29, 1.82) is 0 Å². The molecule has 4 aromatic carbocycles. The number of carbonyl (C=O) groups excluding carboxylic acids is 1. The lowest BCUT2D eigenvalue weighted by Crippen LogP contribution is -2.20. The lowest BCUT2D eigenvalue weighted by molar-refractivity contribution is -0.138. The molecule has 0 spiro atoms. The normalized spacial score (nSPS) is 12.2. The van der Waals surface area contributed by atoms with E-state index in [1.54, 1.807) is 19.2 Å². The quantitative estimate of drug-likeness (QED) is 0.207. The van der Waals surface area contributed by atoms with Gasteiger partial charge in [-0.1, -0.05) is 71.7 Å². The fourth-order valence-electron chi connectivity index (χ4n) is 4.40. The molecule has 1 heterocycles. The minimum atomic E-state index is -1.28. The third kappa shape index (κ3) is 5.46. The second-order valence-corrected chi connectivity index (χ2v) is 9.58. The van der Waals surface area contributed by atoms with Crippen LogP contribution in [-0.2, 0) is 11.2 Å². The zero-order valence-electron chi connectivity index (χ0n) is 20.6. The van der Waals surface area contributed by atoms with Crippen LogP contribution in [0.4, 0.5) is 0 Å². The number of hydrogen-bond donors (Lipinski definition) is 1. The van der Waals surface area contributed by atoms with Gasteiger partial charge in [-0.2, -0.15) is 5.11 Å². The lowest BCUT2D eigenvalue weighted by atomic mass is 9.99. The Labute approximate surface area is 233 Å². The van der Waals surface area contributed by atoms with E-state index in [2.05, 4.69) is 10.2 Å². The van der Waals surface area contributed by atoms with Crippen LogP contribution in [0.25, 0.3) is 32.9 Å². The van der Waals surface area contributed by atoms with Gasteiger partial charge >= 0.3 is 5.97 Å². The van der Waals surface area contributed by atoms with Gasteiger partial charge in [-0.05, 0) is 52.7 Å². The first-order valence-corrected chi connectivity index (χ1v) is 12.7. The van der Waals surface area contributed by atoms with Crippen molar-refractivity contribution in [3.8, 4) is 17.0 Å². The van der Waals surface area contributed by atoms with E-state index in [0.717, 1.165) is 38.7 Å². The number of amides is 1. The van der Waals surface area contributed by atoms with Crippen molar-refractivity contribution in [2.75, 3.05) is 7.11 Å². The molecular weight excluding hydrogens is 537 g/mol. The number of pyridine rings is 1. The van der Waals surface area contributed by atoms with E-state index in [9.17, 15) is 14.7 Å². The van der Waals surface area contributed by atoms with Crippen LogP contribution in [0.2, 0.25) is 10.0 Å². The molecule has 0 bridgehead atoms. The summed E-state index contributed by atoms with van der Waals surface area (Å²) in [6.45, 7) is 0. The Balaban J connectivity index is 1.43. The minimum Gasteiger partial charge on any atom is -0.496 e. The first-order valence-electron chi connectivity index (χ1n) is 11.9. The Morgan fingerprint density at radius 1 is 0.923 bits per heavy atom. The van der Waals surface area contributed by atoms with Crippen LogP contribution in [0, 0.1) is 0 Å². The van der Waals surface area contributed by atoms with Gasteiger partial charge in [-0.25, -0.2) is 9.78 Å². The number of carboxylic acids is 1. The van der Waals surface area contributed by atoms with Crippen LogP contribution in [0.5, 0.6) is 5.75 Å². The number of aromatic nitrogens is 1. The van der Waals surface area contributed by atoms with Crippen molar-refractivity contribution < 1.29 is 19.4 Å². The summed E-state index contributed by atoms with van der Waals surface area (Å²) in [7, 11) is 1.63. The highest BCUT2D eigenvalue weighted by Crippen LogP contribution is 2.37. The smallest absolute Gasteiger partial charge is 0.330 e. The van der Waals surface area contributed by atoms with Gasteiger partial charge in [0.15, 0.2) is 6.04 Å². The number of hydrogen-bond acceptors (Lipinski definition) is 5. The maximum Gasteiger partial charge on any atom is 0.330 e. The summed E-state index contributed by atoms with van der Waals surface area (Å²) in [6.07, 6.45) is 0.0250. The summed E-state index contributed by atoms with van der Waals surface area (Å²) in [5, 5.41) is 20.2. The molecule has 1 N–H and O–H groups in total. The summed E-state index contributed by atoms with van der Waals surface area (Å²) in [4.78, 5) is 29.2. The van der Waals surface area contributed by atoms with Crippen molar-refractivity contribution in [3.05, 3.63) is 106 Å². The molecule has 1 amide bonds. The number of carboxylic acid groups (broad SMARTS) is 1. The molecule has 9 heteroatoms. The van der Waals surface area contributed by atoms with E-state index in [0.29, 0.717) is 5.56 Å². The standard InChI is InChI=1S/C30H21Cl2N3O4/c1-39-26-14-11-18-5-2-3-6-20(18)27(26)24-13-10-19-15-17(9-12-23(19)33-24)16-25(30(37)38)34-35-29(36)28-21(31)7-4-8-22(28)32/h2-15,25H,16H2,1H3,(H,37,38)/t25-/m0/s1. The van der Waals surface area contributed by atoms with Gasteiger partial charge in [-0.3, -0.25) is 4.79 Å². The Hall–Kier alpha value is -4.33. The Kier molecular flexibility index (Phi) is 7.54. The average Bonchev–Trinajstić information content (AvgIpc) is 2.94. The predicted molar refractivity (Wildman–Crippen MR) is 152 cm³/mol. The van der Waals surface area contributed by atoms with Gasteiger partial charge in [0, 0.05) is 11.8 Å². The number of nitrogens with zero attached hydrogens (tertiary/aromatic N) is 3. The van der Waals surface area contributed by atoms with Gasteiger partial charge < -0.3 is 9.84 Å².